The summed E-state index contributed by atoms with van der Waals surface area (Å²) in [6.07, 6.45) is 2.52. The average Bonchev–Trinajstić information content (AvgIpc) is 2.40. The SMILES string of the molecule is COc1cccc(CCN(C)C(=O)C2CC(N)C2)c1. The van der Waals surface area contributed by atoms with Crippen molar-refractivity contribution in [2.75, 3.05) is 20.7 Å². The number of hydrogen-bond acceptors (Lipinski definition) is 3. The predicted octanol–water partition coefficient (Wildman–Crippen LogP) is 1.43. The summed E-state index contributed by atoms with van der Waals surface area (Å²) in [7, 11) is 3.53. The van der Waals surface area contributed by atoms with Crippen LogP contribution in [0.25, 0.3) is 0 Å². The normalized spacial score (nSPS) is 21.6. The Morgan fingerprint density at radius 2 is 2.21 bits per heavy atom. The zero-order valence-corrected chi connectivity index (χ0v) is 11.6. The highest BCUT2D eigenvalue weighted by Crippen LogP contribution is 2.27. The molecule has 1 aromatic carbocycles. The van der Waals surface area contributed by atoms with Crippen molar-refractivity contribution in [2.45, 2.75) is 25.3 Å². The number of likely N-dealkylation sites (N-methyl/N-ethyl adjacent to an activating group) is 1. The Balaban J connectivity index is 1.82. The fraction of sp³-hybridized carbons (Fsp3) is 0.533. The van der Waals surface area contributed by atoms with Crippen LogP contribution in [0.4, 0.5) is 0 Å². The Kier molecular flexibility index (Phi) is 4.43. The zero-order valence-electron chi connectivity index (χ0n) is 11.6. The summed E-state index contributed by atoms with van der Waals surface area (Å²) in [6.45, 7) is 0.734. The van der Waals surface area contributed by atoms with Crippen LogP contribution in [0.2, 0.25) is 0 Å². The first-order valence-corrected chi connectivity index (χ1v) is 6.73. The van der Waals surface area contributed by atoms with Gasteiger partial charge in [0.2, 0.25) is 5.91 Å². The van der Waals surface area contributed by atoms with Gasteiger partial charge in [-0.15, -0.1) is 0 Å². The minimum atomic E-state index is 0.144. The fourth-order valence-corrected chi connectivity index (χ4v) is 2.41. The van der Waals surface area contributed by atoms with E-state index in [2.05, 4.69) is 6.07 Å². The molecular weight excluding hydrogens is 240 g/mol. The number of amides is 1. The molecule has 4 heteroatoms. The van der Waals surface area contributed by atoms with Crippen molar-refractivity contribution in [3.63, 3.8) is 0 Å². The summed E-state index contributed by atoms with van der Waals surface area (Å²) < 4.78 is 5.19. The number of hydrogen-bond donors (Lipinski definition) is 1. The number of ether oxygens (including phenoxy) is 1. The lowest BCUT2D eigenvalue weighted by atomic mass is 9.80. The van der Waals surface area contributed by atoms with Gasteiger partial charge in [-0.1, -0.05) is 12.1 Å². The standard InChI is InChI=1S/C15H22N2O2/c1-17(15(18)12-9-13(16)10-12)7-6-11-4-3-5-14(8-11)19-2/h3-5,8,12-13H,6-7,9-10,16H2,1-2H3. The first kappa shape index (κ1) is 13.9. The Morgan fingerprint density at radius 1 is 1.47 bits per heavy atom. The molecule has 1 aliphatic rings. The Hall–Kier alpha value is -1.55. The van der Waals surface area contributed by atoms with Gasteiger partial charge in [0.05, 0.1) is 7.11 Å². The lowest BCUT2D eigenvalue weighted by Crippen LogP contribution is -2.46. The van der Waals surface area contributed by atoms with E-state index in [0.717, 1.165) is 31.6 Å². The van der Waals surface area contributed by atoms with Crippen molar-refractivity contribution in [1.29, 1.82) is 0 Å². The second kappa shape index (κ2) is 6.06. The molecule has 2 rings (SSSR count). The number of nitrogens with two attached hydrogens (primary N) is 1. The third-order valence-corrected chi connectivity index (χ3v) is 3.77. The first-order valence-electron chi connectivity index (χ1n) is 6.73. The van der Waals surface area contributed by atoms with Crippen molar-refractivity contribution in [2.24, 2.45) is 11.7 Å². The van der Waals surface area contributed by atoms with E-state index in [9.17, 15) is 4.79 Å². The molecule has 0 bridgehead atoms. The number of carbonyl (C=O) groups is 1. The van der Waals surface area contributed by atoms with Crippen molar-refractivity contribution in [1.82, 2.24) is 4.90 Å². The van der Waals surface area contributed by atoms with Crippen molar-refractivity contribution < 1.29 is 9.53 Å². The van der Waals surface area contributed by atoms with Gasteiger partial charge in [0.1, 0.15) is 5.75 Å². The minimum Gasteiger partial charge on any atom is -0.497 e. The Bertz CT molecular complexity index is 442. The second-order valence-corrected chi connectivity index (χ2v) is 5.29. The molecule has 1 fully saturated rings. The maximum Gasteiger partial charge on any atom is 0.225 e. The first-order chi connectivity index (χ1) is 9.10. The van der Waals surface area contributed by atoms with E-state index in [1.807, 2.05) is 30.1 Å². The number of nitrogens with zero attached hydrogens (tertiary/aromatic N) is 1. The number of methoxy groups -OCH3 is 1. The lowest BCUT2D eigenvalue weighted by Gasteiger charge is -2.34. The van der Waals surface area contributed by atoms with Crippen molar-refractivity contribution >= 4 is 5.91 Å². The maximum atomic E-state index is 12.1. The molecule has 1 aliphatic carbocycles. The van der Waals surface area contributed by atoms with Gasteiger partial charge in [0, 0.05) is 25.6 Å². The van der Waals surface area contributed by atoms with Gasteiger partial charge in [0.15, 0.2) is 0 Å². The smallest absolute Gasteiger partial charge is 0.225 e. The van der Waals surface area contributed by atoms with E-state index < -0.39 is 0 Å². The van der Waals surface area contributed by atoms with E-state index in [0.29, 0.717) is 0 Å². The summed E-state index contributed by atoms with van der Waals surface area (Å²) in [5.74, 6) is 1.23. The van der Waals surface area contributed by atoms with Gasteiger partial charge in [-0.2, -0.15) is 0 Å². The van der Waals surface area contributed by atoms with Gasteiger partial charge in [-0.25, -0.2) is 0 Å². The molecule has 0 heterocycles. The third-order valence-electron chi connectivity index (χ3n) is 3.77. The Morgan fingerprint density at radius 3 is 2.84 bits per heavy atom. The van der Waals surface area contributed by atoms with Crippen LogP contribution >= 0.6 is 0 Å². The summed E-state index contributed by atoms with van der Waals surface area (Å²) in [5, 5.41) is 0. The third kappa shape index (κ3) is 3.47. The highest BCUT2D eigenvalue weighted by atomic mass is 16.5. The van der Waals surface area contributed by atoms with E-state index >= 15 is 0 Å². The molecule has 0 radical (unpaired) electrons. The minimum absolute atomic E-state index is 0.144. The quantitative estimate of drug-likeness (QED) is 0.873. The molecule has 19 heavy (non-hydrogen) atoms. The van der Waals surface area contributed by atoms with Crippen LogP contribution in [0.5, 0.6) is 5.75 Å². The summed E-state index contributed by atoms with van der Waals surface area (Å²) in [5.41, 5.74) is 6.90. The lowest BCUT2D eigenvalue weighted by molar-refractivity contribution is -0.137. The van der Waals surface area contributed by atoms with E-state index in [1.54, 1.807) is 7.11 Å². The highest BCUT2D eigenvalue weighted by molar-refractivity contribution is 5.79. The topological polar surface area (TPSA) is 55.6 Å². The molecule has 0 aliphatic heterocycles. The van der Waals surface area contributed by atoms with Gasteiger partial charge in [-0.3, -0.25) is 4.79 Å². The van der Waals surface area contributed by atoms with Gasteiger partial charge in [-0.05, 0) is 37.0 Å². The molecule has 2 N–H and O–H groups in total. The van der Waals surface area contributed by atoms with Gasteiger partial charge in [0.25, 0.3) is 0 Å². The van der Waals surface area contributed by atoms with Crippen LogP contribution in [0.1, 0.15) is 18.4 Å². The van der Waals surface area contributed by atoms with E-state index in [4.69, 9.17) is 10.5 Å². The second-order valence-electron chi connectivity index (χ2n) is 5.29. The molecule has 0 unspecified atom stereocenters. The van der Waals surface area contributed by atoms with Gasteiger partial charge < -0.3 is 15.4 Å². The number of rotatable bonds is 5. The Labute approximate surface area is 114 Å². The molecule has 1 aromatic rings. The zero-order chi connectivity index (χ0) is 13.8. The molecule has 1 amide bonds. The summed E-state index contributed by atoms with van der Waals surface area (Å²) in [6, 6.07) is 8.19. The van der Waals surface area contributed by atoms with Crippen LogP contribution in [0, 0.1) is 5.92 Å². The van der Waals surface area contributed by atoms with Crippen LogP contribution < -0.4 is 10.5 Å². The molecular formula is C15H22N2O2. The average molecular weight is 262 g/mol. The van der Waals surface area contributed by atoms with E-state index in [-0.39, 0.29) is 17.9 Å². The molecule has 0 aromatic heterocycles. The fourth-order valence-electron chi connectivity index (χ4n) is 2.41. The highest BCUT2D eigenvalue weighted by Gasteiger charge is 2.33. The van der Waals surface area contributed by atoms with Crippen molar-refractivity contribution in [3.8, 4) is 5.75 Å². The summed E-state index contributed by atoms with van der Waals surface area (Å²) >= 11 is 0. The van der Waals surface area contributed by atoms with Crippen molar-refractivity contribution in [3.05, 3.63) is 29.8 Å². The molecule has 1 saturated carbocycles. The van der Waals surface area contributed by atoms with Crippen LogP contribution in [0.3, 0.4) is 0 Å². The van der Waals surface area contributed by atoms with Crippen LogP contribution in [-0.2, 0) is 11.2 Å². The predicted molar refractivity (Wildman–Crippen MR) is 75.0 cm³/mol. The van der Waals surface area contributed by atoms with Crippen LogP contribution in [0.15, 0.2) is 24.3 Å². The molecule has 4 nitrogen and oxygen atoms in total. The molecule has 0 spiro atoms. The number of benzene rings is 1. The molecule has 0 saturated heterocycles. The maximum absolute atomic E-state index is 12.1. The van der Waals surface area contributed by atoms with Crippen LogP contribution in [-0.4, -0.2) is 37.6 Å². The summed E-state index contributed by atoms with van der Waals surface area (Å²) in [4.78, 5) is 13.9. The van der Waals surface area contributed by atoms with Gasteiger partial charge >= 0.3 is 0 Å². The monoisotopic (exact) mass is 262 g/mol. The van der Waals surface area contributed by atoms with E-state index in [1.165, 1.54) is 5.56 Å². The molecule has 104 valence electrons. The number of carbonyl (C=O) groups excluding carboxylic acids is 1. The largest absolute Gasteiger partial charge is 0.497 e. The molecule has 0 atom stereocenters.